The molecule has 1 aromatic rings. The van der Waals surface area contributed by atoms with E-state index in [-0.39, 0.29) is 5.91 Å². The topological polar surface area (TPSA) is 33.2 Å². The first-order valence-corrected chi connectivity index (χ1v) is 4.85. The highest BCUT2D eigenvalue weighted by atomic mass is 32.1. The Balaban J connectivity index is 2.70. The highest BCUT2D eigenvalue weighted by Gasteiger charge is 2.12. The molecule has 0 unspecified atom stereocenters. The lowest BCUT2D eigenvalue weighted by Crippen LogP contribution is -2.29. The van der Waals surface area contributed by atoms with Crippen LogP contribution in [0.4, 0.5) is 0 Å². The Morgan fingerprint density at radius 1 is 1.58 bits per heavy atom. The third-order valence-corrected chi connectivity index (χ3v) is 2.45. The number of thiazole rings is 1. The molecule has 0 spiro atoms. The summed E-state index contributed by atoms with van der Waals surface area (Å²) in [6, 6.07) is 0. The van der Waals surface area contributed by atoms with Crippen molar-refractivity contribution >= 4 is 17.2 Å². The zero-order valence-electron chi connectivity index (χ0n) is 7.28. The SMILES string of the molecule is CCN(CC)C(=O)c1cncs1. The van der Waals surface area contributed by atoms with Gasteiger partial charge in [-0.1, -0.05) is 0 Å². The van der Waals surface area contributed by atoms with E-state index < -0.39 is 0 Å². The Bertz CT molecular complexity index is 242. The molecule has 1 aromatic heterocycles. The van der Waals surface area contributed by atoms with Crippen LogP contribution in [0.25, 0.3) is 0 Å². The predicted molar refractivity (Wildman–Crippen MR) is 49.4 cm³/mol. The first kappa shape index (κ1) is 9.19. The second kappa shape index (κ2) is 4.21. The van der Waals surface area contributed by atoms with Gasteiger partial charge in [0.15, 0.2) is 0 Å². The van der Waals surface area contributed by atoms with E-state index in [2.05, 4.69) is 4.98 Å². The highest BCUT2D eigenvalue weighted by molar-refractivity contribution is 7.11. The van der Waals surface area contributed by atoms with E-state index in [0.29, 0.717) is 0 Å². The van der Waals surface area contributed by atoms with Crippen molar-refractivity contribution < 1.29 is 4.79 Å². The molecule has 0 aliphatic rings. The number of carbonyl (C=O) groups is 1. The molecule has 1 rings (SSSR count). The summed E-state index contributed by atoms with van der Waals surface area (Å²) < 4.78 is 0. The molecule has 3 nitrogen and oxygen atoms in total. The van der Waals surface area contributed by atoms with Crippen molar-refractivity contribution in [1.29, 1.82) is 0 Å². The van der Waals surface area contributed by atoms with Gasteiger partial charge in [-0.3, -0.25) is 9.78 Å². The Morgan fingerprint density at radius 2 is 2.25 bits per heavy atom. The number of carbonyl (C=O) groups excluding carboxylic acids is 1. The van der Waals surface area contributed by atoms with E-state index in [0.717, 1.165) is 18.0 Å². The van der Waals surface area contributed by atoms with Gasteiger partial charge in [-0.05, 0) is 13.8 Å². The molecule has 1 heterocycles. The zero-order valence-corrected chi connectivity index (χ0v) is 8.10. The van der Waals surface area contributed by atoms with Crippen molar-refractivity contribution in [2.24, 2.45) is 0 Å². The number of amides is 1. The Morgan fingerprint density at radius 3 is 2.67 bits per heavy atom. The van der Waals surface area contributed by atoms with Gasteiger partial charge in [0.05, 0.1) is 11.7 Å². The Kier molecular flexibility index (Phi) is 3.22. The molecule has 0 fully saturated rings. The van der Waals surface area contributed by atoms with Crippen molar-refractivity contribution in [3.63, 3.8) is 0 Å². The van der Waals surface area contributed by atoms with Crippen molar-refractivity contribution in [3.8, 4) is 0 Å². The summed E-state index contributed by atoms with van der Waals surface area (Å²) in [4.78, 5) is 17.9. The molecule has 0 saturated heterocycles. The standard InChI is InChI=1S/C8H12N2OS/c1-3-10(4-2)8(11)7-5-9-6-12-7/h5-6H,3-4H2,1-2H3. The summed E-state index contributed by atoms with van der Waals surface area (Å²) in [6.45, 7) is 5.46. The first-order valence-electron chi connectivity index (χ1n) is 3.97. The zero-order chi connectivity index (χ0) is 8.97. The molecule has 0 N–H and O–H groups in total. The minimum absolute atomic E-state index is 0.0856. The molecule has 4 heteroatoms. The van der Waals surface area contributed by atoms with Crippen molar-refractivity contribution in [2.45, 2.75) is 13.8 Å². The van der Waals surface area contributed by atoms with Crippen LogP contribution in [0.15, 0.2) is 11.7 Å². The van der Waals surface area contributed by atoms with Gasteiger partial charge in [0.25, 0.3) is 5.91 Å². The number of hydrogen-bond donors (Lipinski definition) is 0. The van der Waals surface area contributed by atoms with Gasteiger partial charge in [0.1, 0.15) is 4.88 Å². The summed E-state index contributed by atoms with van der Waals surface area (Å²) in [7, 11) is 0. The molecule has 66 valence electrons. The number of aromatic nitrogens is 1. The van der Waals surface area contributed by atoms with Gasteiger partial charge in [-0.2, -0.15) is 0 Å². The highest BCUT2D eigenvalue weighted by Crippen LogP contribution is 2.08. The molecular weight excluding hydrogens is 172 g/mol. The first-order chi connectivity index (χ1) is 5.79. The van der Waals surface area contributed by atoms with Gasteiger partial charge < -0.3 is 4.90 Å². The fourth-order valence-electron chi connectivity index (χ4n) is 0.988. The molecule has 1 amide bonds. The lowest BCUT2D eigenvalue weighted by atomic mass is 10.4. The fourth-order valence-corrected chi connectivity index (χ4v) is 1.57. The summed E-state index contributed by atoms with van der Waals surface area (Å²) in [6.07, 6.45) is 1.62. The van der Waals surface area contributed by atoms with E-state index in [1.165, 1.54) is 11.3 Å². The van der Waals surface area contributed by atoms with E-state index in [1.807, 2.05) is 13.8 Å². The van der Waals surface area contributed by atoms with Crippen LogP contribution in [0.3, 0.4) is 0 Å². The van der Waals surface area contributed by atoms with E-state index >= 15 is 0 Å². The average molecular weight is 184 g/mol. The molecule has 0 bridgehead atoms. The predicted octanol–water partition coefficient (Wildman–Crippen LogP) is 1.63. The van der Waals surface area contributed by atoms with Crippen LogP contribution in [0.2, 0.25) is 0 Å². The quantitative estimate of drug-likeness (QED) is 0.715. The Hall–Kier alpha value is -0.900. The third-order valence-electron chi connectivity index (χ3n) is 1.69. The number of hydrogen-bond acceptors (Lipinski definition) is 3. The monoisotopic (exact) mass is 184 g/mol. The molecule has 0 saturated carbocycles. The van der Waals surface area contributed by atoms with Gasteiger partial charge in [0, 0.05) is 13.1 Å². The second-order valence-corrected chi connectivity index (χ2v) is 3.23. The van der Waals surface area contributed by atoms with E-state index in [9.17, 15) is 4.79 Å². The maximum absolute atomic E-state index is 11.6. The summed E-state index contributed by atoms with van der Waals surface area (Å²) >= 11 is 1.39. The molecule has 0 atom stereocenters. The summed E-state index contributed by atoms with van der Waals surface area (Å²) in [5.41, 5.74) is 1.68. The smallest absolute Gasteiger partial charge is 0.265 e. The largest absolute Gasteiger partial charge is 0.338 e. The maximum atomic E-state index is 11.6. The molecule has 0 radical (unpaired) electrons. The summed E-state index contributed by atoms with van der Waals surface area (Å²) in [5, 5.41) is 0. The van der Waals surface area contributed by atoms with Crippen molar-refractivity contribution in [2.75, 3.05) is 13.1 Å². The average Bonchev–Trinajstić information content (AvgIpc) is 2.58. The molecular formula is C8H12N2OS. The Labute approximate surface area is 76.0 Å². The summed E-state index contributed by atoms with van der Waals surface area (Å²) in [5.74, 6) is 0.0856. The van der Waals surface area contributed by atoms with Gasteiger partial charge in [-0.25, -0.2) is 0 Å². The molecule has 0 aliphatic heterocycles. The lowest BCUT2D eigenvalue weighted by Gasteiger charge is -2.16. The van der Waals surface area contributed by atoms with Gasteiger partial charge in [-0.15, -0.1) is 11.3 Å². The molecule has 12 heavy (non-hydrogen) atoms. The fraction of sp³-hybridized carbons (Fsp3) is 0.500. The molecule has 0 aromatic carbocycles. The number of rotatable bonds is 3. The van der Waals surface area contributed by atoms with Crippen molar-refractivity contribution in [3.05, 3.63) is 16.6 Å². The number of nitrogens with zero attached hydrogens (tertiary/aromatic N) is 2. The van der Waals surface area contributed by atoms with Crippen molar-refractivity contribution in [1.82, 2.24) is 9.88 Å². The normalized spacial score (nSPS) is 9.83. The van der Waals surface area contributed by atoms with E-state index in [4.69, 9.17) is 0 Å². The minimum atomic E-state index is 0.0856. The van der Waals surface area contributed by atoms with Gasteiger partial charge in [0.2, 0.25) is 0 Å². The minimum Gasteiger partial charge on any atom is -0.338 e. The van der Waals surface area contributed by atoms with Crippen LogP contribution >= 0.6 is 11.3 Å². The maximum Gasteiger partial charge on any atom is 0.265 e. The van der Waals surface area contributed by atoms with Crippen LogP contribution in [-0.2, 0) is 0 Å². The van der Waals surface area contributed by atoms with Crippen LogP contribution in [0.5, 0.6) is 0 Å². The lowest BCUT2D eigenvalue weighted by molar-refractivity contribution is 0.0777. The molecule has 0 aliphatic carbocycles. The van der Waals surface area contributed by atoms with Crippen LogP contribution < -0.4 is 0 Å². The third kappa shape index (κ3) is 1.82. The van der Waals surface area contributed by atoms with E-state index in [1.54, 1.807) is 16.6 Å². The second-order valence-electron chi connectivity index (χ2n) is 2.34. The van der Waals surface area contributed by atoms with Crippen LogP contribution in [0.1, 0.15) is 23.5 Å². The van der Waals surface area contributed by atoms with Crippen LogP contribution in [-0.4, -0.2) is 28.9 Å². The van der Waals surface area contributed by atoms with Gasteiger partial charge >= 0.3 is 0 Å². The van der Waals surface area contributed by atoms with Crippen LogP contribution in [0, 0.1) is 0 Å².